The van der Waals surface area contributed by atoms with E-state index in [4.69, 9.17) is 33.2 Å². The first-order valence-electron chi connectivity index (χ1n) is 17.6. The lowest BCUT2D eigenvalue weighted by molar-refractivity contribution is -0.367. The zero-order valence-electron chi connectivity index (χ0n) is 32.2. The molecule has 392 valence electrons. The molecular weight excluding hydrogens is 1050 g/mol. The fraction of sp³-hybridized carbons (Fsp3) is 0.917. The maximum atomic E-state index is 12.6. The molecule has 0 bridgehead atoms. The molecule has 43 heteroatoms. The van der Waals surface area contributed by atoms with E-state index in [1.807, 2.05) is 0 Å². The Labute approximate surface area is 374 Å². The molecule has 16 N–H and O–H groups in total. The molecule has 38 nitrogen and oxygen atoms in total. The summed E-state index contributed by atoms with van der Waals surface area (Å²) in [5, 5.41) is 94.1. The Balaban J connectivity index is 1.79. The van der Waals surface area contributed by atoms with Gasteiger partial charge in [0.25, 0.3) is 0 Å². The summed E-state index contributed by atoms with van der Waals surface area (Å²) in [5.74, 6) is -4.44. The molecule has 0 aromatic heterocycles. The van der Waals surface area contributed by atoms with Gasteiger partial charge >= 0.3 is 63.7 Å². The minimum absolute atomic E-state index is 1.25. The average molecular weight is 1090 g/mol. The molecule has 0 unspecified atom stereocenters. The third-order valence-electron chi connectivity index (χ3n) is 9.39. The molecule has 4 heterocycles. The van der Waals surface area contributed by atoms with Gasteiger partial charge in [0.1, 0.15) is 73.1 Å². The van der Waals surface area contributed by atoms with E-state index in [9.17, 15) is 120 Å². The summed E-state index contributed by atoms with van der Waals surface area (Å²) in [5.41, 5.74) is 0. The van der Waals surface area contributed by atoms with Crippen molar-refractivity contribution in [2.75, 3.05) is 13.2 Å². The molecular formula is C24H40N2O36S5. The highest BCUT2D eigenvalue weighted by Crippen LogP contribution is 2.36. The van der Waals surface area contributed by atoms with E-state index in [-0.39, 0.29) is 0 Å². The summed E-state index contributed by atoms with van der Waals surface area (Å²) in [4.78, 5) is 24.4. The van der Waals surface area contributed by atoms with Gasteiger partial charge in [0.05, 0.1) is 13.2 Å². The van der Waals surface area contributed by atoms with Gasteiger partial charge in [-0.1, -0.05) is 0 Å². The van der Waals surface area contributed by atoms with Gasteiger partial charge in [0, 0.05) is 0 Å². The van der Waals surface area contributed by atoms with Crippen molar-refractivity contribution in [1.82, 2.24) is 9.44 Å². The number of aliphatic hydroxyl groups is 7. The topological polar surface area (TPSA) is 604 Å². The average Bonchev–Trinajstić information content (AvgIpc) is 3.15. The Hall–Kier alpha value is -2.27. The Morgan fingerprint density at radius 3 is 1.36 bits per heavy atom. The van der Waals surface area contributed by atoms with Gasteiger partial charge in [0.15, 0.2) is 49.6 Å². The quantitative estimate of drug-likeness (QED) is 0.0503. The molecule has 0 amide bonds. The van der Waals surface area contributed by atoms with E-state index in [0.29, 0.717) is 0 Å². The SMILES string of the molecule is O=C(O)[C@@H]1O[C@@H](O[C@H]2[C@H](O)[C@@H](NS(=O)(=O)O)[C@@H](O[C@H]3[C@H](O)[C@@H](OS(=O)(=O)O)[C@H](O[C@H]4[C@H](O)[C@@H](NS(=O)(=O)O)[C@@H](O)O[C@@H]4CO)O[C@H]3C(=O)O)O[C@@H]2COS(=O)(=O)O)[C@H](OS(=O)(=O)O)[C@@H](O)[C@@H]1O. The molecule has 0 aromatic rings. The van der Waals surface area contributed by atoms with Gasteiger partial charge < -0.3 is 79.1 Å². The van der Waals surface area contributed by atoms with E-state index in [1.54, 1.807) is 0 Å². The highest BCUT2D eigenvalue weighted by molar-refractivity contribution is 7.84. The summed E-state index contributed by atoms with van der Waals surface area (Å²) >= 11 is 0. The van der Waals surface area contributed by atoms with Crippen LogP contribution in [0.4, 0.5) is 0 Å². The minimum Gasteiger partial charge on any atom is -0.479 e. The smallest absolute Gasteiger partial charge is 0.397 e. The van der Waals surface area contributed by atoms with Crippen molar-refractivity contribution < 1.29 is 166 Å². The molecule has 4 aliphatic rings. The van der Waals surface area contributed by atoms with Gasteiger partial charge in [-0.05, 0) is 0 Å². The maximum absolute atomic E-state index is 12.6. The van der Waals surface area contributed by atoms with Gasteiger partial charge in [0.2, 0.25) is 0 Å². The predicted molar refractivity (Wildman–Crippen MR) is 191 cm³/mol. The molecule has 0 aliphatic carbocycles. The third-order valence-corrected chi connectivity index (χ3v) is 11.9. The van der Waals surface area contributed by atoms with E-state index in [0.717, 1.165) is 0 Å². The van der Waals surface area contributed by atoms with Crippen molar-refractivity contribution in [3.05, 3.63) is 0 Å². The van der Waals surface area contributed by atoms with Crippen LogP contribution in [-0.2, 0) is 107 Å². The largest absolute Gasteiger partial charge is 0.479 e. The molecule has 4 rings (SSSR count). The van der Waals surface area contributed by atoms with Crippen LogP contribution in [0.5, 0.6) is 0 Å². The summed E-state index contributed by atoms with van der Waals surface area (Å²) in [6.07, 6.45) is -48.4. The monoisotopic (exact) mass is 1090 g/mol. The van der Waals surface area contributed by atoms with Crippen LogP contribution in [0.3, 0.4) is 0 Å². The lowest BCUT2D eigenvalue weighted by Crippen LogP contribution is -2.70. The second-order valence-electron chi connectivity index (χ2n) is 14.0. The summed E-state index contributed by atoms with van der Waals surface area (Å²) in [7, 11) is -28.4. The minimum atomic E-state index is -5.91. The molecule has 4 saturated heterocycles. The van der Waals surface area contributed by atoms with E-state index < -0.39 is 200 Å². The van der Waals surface area contributed by atoms with Crippen molar-refractivity contribution in [2.45, 2.75) is 123 Å². The number of carboxylic acids is 2. The number of hydrogen-bond donors (Lipinski definition) is 16. The fourth-order valence-corrected chi connectivity index (χ4v) is 9.20. The summed E-state index contributed by atoms with van der Waals surface area (Å²) in [6, 6.07) is -5.12. The van der Waals surface area contributed by atoms with Crippen LogP contribution in [0.15, 0.2) is 0 Å². The van der Waals surface area contributed by atoms with Gasteiger partial charge in [-0.2, -0.15) is 51.5 Å². The first-order chi connectivity index (χ1) is 30.4. The number of rotatable bonds is 20. The van der Waals surface area contributed by atoms with Crippen LogP contribution < -0.4 is 9.44 Å². The van der Waals surface area contributed by atoms with Crippen molar-refractivity contribution >= 4 is 63.7 Å². The van der Waals surface area contributed by atoms with Crippen LogP contribution in [0.2, 0.25) is 0 Å². The van der Waals surface area contributed by atoms with Crippen LogP contribution in [0.1, 0.15) is 0 Å². The van der Waals surface area contributed by atoms with Crippen molar-refractivity contribution in [3.63, 3.8) is 0 Å². The van der Waals surface area contributed by atoms with Crippen LogP contribution in [0, 0.1) is 0 Å². The zero-order valence-corrected chi connectivity index (χ0v) is 36.3. The lowest BCUT2D eigenvalue weighted by atomic mass is 9.94. The Kier molecular flexibility index (Phi) is 18.5. The number of carboxylic acid groups (broad SMARTS) is 2. The number of carbonyl (C=O) groups is 2. The maximum Gasteiger partial charge on any atom is 0.397 e. The van der Waals surface area contributed by atoms with E-state index in [1.165, 1.54) is 9.44 Å². The van der Waals surface area contributed by atoms with E-state index in [2.05, 4.69) is 12.5 Å². The number of hydrogen-bond acceptors (Lipinski definition) is 29. The van der Waals surface area contributed by atoms with Crippen LogP contribution in [0.25, 0.3) is 0 Å². The number of nitrogens with one attached hydrogen (secondary N) is 2. The van der Waals surface area contributed by atoms with Crippen LogP contribution in [-0.4, -0.2) is 259 Å². The highest BCUT2D eigenvalue weighted by atomic mass is 32.3. The molecule has 4 fully saturated rings. The molecule has 0 spiro atoms. The Morgan fingerprint density at radius 2 is 0.910 bits per heavy atom. The Morgan fingerprint density at radius 1 is 0.478 bits per heavy atom. The first kappa shape index (κ1) is 57.3. The van der Waals surface area contributed by atoms with E-state index >= 15 is 0 Å². The first-order valence-corrected chi connectivity index (χ1v) is 24.5. The molecule has 0 radical (unpaired) electrons. The summed E-state index contributed by atoms with van der Waals surface area (Å²) in [6.45, 7) is -3.00. The summed E-state index contributed by atoms with van der Waals surface area (Å²) < 4.78 is 216. The number of aliphatic carboxylic acids is 2. The van der Waals surface area contributed by atoms with Gasteiger partial charge in [-0.3, -0.25) is 22.8 Å². The van der Waals surface area contributed by atoms with Crippen molar-refractivity contribution in [1.29, 1.82) is 0 Å². The van der Waals surface area contributed by atoms with Gasteiger partial charge in [-0.25, -0.2) is 22.1 Å². The molecule has 0 aromatic carbocycles. The van der Waals surface area contributed by atoms with Crippen molar-refractivity contribution in [3.8, 4) is 0 Å². The normalized spacial score (nSPS) is 40.5. The second-order valence-corrected chi connectivity index (χ2v) is 19.6. The molecule has 4 aliphatic heterocycles. The zero-order chi connectivity index (χ0) is 51.1. The number of aliphatic hydroxyl groups excluding tert-OH is 7. The second kappa shape index (κ2) is 21.6. The number of ether oxygens (including phenoxy) is 7. The molecule has 67 heavy (non-hydrogen) atoms. The fourth-order valence-electron chi connectivity index (χ4n) is 6.73. The molecule has 20 atom stereocenters. The van der Waals surface area contributed by atoms with Gasteiger partial charge in [-0.15, -0.1) is 0 Å². The van der Waals surface area contributed by atoms with Crippen molar-refractivity contribution in [2.24, 2.45) is 0 Å². The highest BCUT2D eigenvalue weighted by Gasteiger charge is 2.59. The Bertz CT molecular complexity index is 2320. The third kappa shape index (κ3) is 15.4. The predicted octanol–water partition coefficient (Wildman–Crippen LogP) is -11.3. The standard InChI is InChI=1S/C24H40N2O36S5/c27-1-3-12(7(28)5(21(37)54-3)25-63(38,39)40)56-24-17(62-67(50,51)52)11(32)14(18(60-24)20(35)36)58-22-6(26-64(41,42)43)8(29)13(4(55-22)2-53-65(44,45)46)57-23-16(61-66(47,48)49)10(31)9(30)15(59-23)19(33)34/h3-18,21-32,37H,1-2H2,(H,33,34)(H,35,36)(H,38,39,40)(H,41,42,43)(H,44,45,46)(H,47,48,49)(H,50,51,52)/t3-,4-,5-,6-,7-,8-,9+,10+,11+,12-,13-,14+,15-,16-,17-,18-,21+,22-,23-,24-/m1/s1. The van der Waals surface area contributed by atoms with Crippen LogP contribution >= 0.6 is 0 Å². The lowest BCUT2D eigenvalue weighted by Gasteiger charge is -2.49. The molecule has 0 saturated carbocycles.